The number of likely N-dealkylation sites (N-methyl/N-ethyl adjacent to an activating group) is 1. The lowest BCUT2D eigenvalue weighted by molar-refractivity contribution is -0.142. The van der Waals surface area contributed by atoms with Gasteiger partial charge in [-0.15, -0.1) is 0 Å². The first-order valence-corrected chi connectivity index (χ1v) is 7.37. The maximum atomic E-state index is 12.5. The molecule has 4 atom stereocenters. The second-order valence-electron chi connectivity index (χ2n) is 6.06. The number of carboxylic acids is 1. The van der Waals surface area contributed by atoms with E-state index in [1.54, 1.807) is 7.05 Å². The number of urea groups is 1. The molecule has 2 fully saturated rings. The van der Waals surface area contributed by atoms with Crippen LogP contribution < -0.4 is 0 Å². The van der Waals surface area contributed by atoms with Gasteiger partial charge in [0.2, 0.25) is 0 Å². The Labute approximate surface area is 119 Å². The summed E-state index contributed by atoms with van der Waals surface area (Å²) in [5.41, 5.74) is 0. The molecule has 1 aliphatic carbocycles. The van der Waals surface area contributed by atoms with Gasteiger partial charge >= 0.3 is 12.0 Å². The molecule has 1 aliphatic heterocycles. The summed E-state index contributed by atoms with van der Waals surface area (Å²) in [6.07, 6.45) is 3.69. The van der Waals surface area contributed by atoms with Gasteiger partial charge in [0.1, 0.15) is 6.04 Å². The topological polar surface area (TPSA) is 81.1 Å². The van der Waals surface area contributed by atoms with E-state index in [0.29, 0.717) is 19.4 Å². The van der Waals surface area contributed by atoms with E-state index in [2.05, 4.69) is 0 Å². The number of aliphatic hydroxyl groups excluding tert-OH is 1. The average Bonchev–Trinajstić information content (AvgIpc) is 2.79. The first-order chi connectivity index (χ1) is 9.43. The summed E-state index contributed by atoms with van der Waals surface area (Å²) in [5, 5.41) is 19.3. The largest absolute Gasteiger partial charge is 0.480 e. The van der Waals surface area contributed by atoms with Crippen LogP contribution in [0.5, 0.6) is 0 Å². The second kappa shape index (κ2) is 5.99. The normalized spacial score (nSPS) is 34.0. The molecule has 4 unspecified atom stereocenters. The summed E-state index contributed by atoms with van der Waals surface area (Å²) < 4.78 is 0. The van der Waals surface area contributed by atoms with Crippen LogP contribution in [0.2, 0.25) is 0 Å². The van der Waals surface area contributed by atoms with Crippen LogP contribution in [0.4, 0.5) is 4.79 Å². The Kier molecular flexibility index (Phi) is 4.52. The van der Waals surface area contributed by atoms with Crippen molar-refractivity contribution in [2.24, 2.45) is 5.92 Å². The Morgan fingerprint density at radius 3 is 2.45 bits per heavy atom. The van der Waals surface area contributed by atoms with Crippen molar-refractivity contribution in [2.75, 3.05) is 13.6 Å². The number of aliphatic hydroxyl groups is 1. The summed E-state index contributed by atoms with van der Waals surface area (Å²) >= 11 is 0. The molecule has 2 amide bonds. The molecular formula is C14H24N2O4. The SMILES string of the molecule is CC1CCN(C(=O)N(C)C2CCCCC2O)C1C(=O)O. The fraction of sp³-hybridized carbons (Fsp3) is 0.857. The van der Waals surface area contributed by atoms with Gasteiger partial charge in [-0.1, -0.05) is 19.8 Å². The number of carboxylic acid groups (broad SMARTS) is 1. The van der Waals surface area contributed by atoms with Crippen LogP contribution in [-0.4, -0.2) is 63.8 Å². The third-order valence-corrected chi connectivity index (χ3v) is 4.69. The molecule has 1 saturated heterocycles. The van der Waals surface area contributed by atoms with E-state index in [-0.39, 0.29) is 18.0 Å². The average molecular weight is 284 g/mol. The quantitative estimate of drug-likeness (QED) is 0.796. The number of likely N-dealkylation sites (tertiary alicyclic amines) is 1. The van der Waals surface area contributed by atoms with Gasteiger partial charge < -0.3 is 20.0 Å². The maximum absolute atomic E-state index is 12.5. The van der Waals surface area contributed by atoms with Crippen LogP contribution in [-0.2, 0) is 4.79 Å². The Morgan fingerprint density at radius 1 is 1.20 bits per heavy atom. The van der Waals surface area contributed by atoms with E-state index in [4.69, 9.17) is 0 Å². The summed E-state index contributed by atoms with van der Waals surface area (Å²) in [6.45, 7) is 2.34. The Morgan fingerprint density at radius 2 is 1.85 bits per heavy atom. The second-order valence-corrected chi connectivity index (χ2v) is 6.06. The van der Waals surface area contributed by atoms with Crippen molar-refractivity contribution in [1.82, 2.24) is 9.80 Å². The van der Waals surface area contributed by atoms with Crippen LogP contribution in [0.3, 0.4) is 0 Å². The summed E-state index contributed by atoms with van der Waals surface area (Å²) in [7, 11) is 1.67. The van der Waals surface area contributed by atoms with Gasteiger partial charge in [0, 0.05) is 13.6 Å². The molecule has 2 aliphatic rings. The van der Waals surface area contributed by atoms with Gasteiger partial charge in [-0.25, -0.2) is 9.59 Å². The van der Waals surface area contributed by atoms with Gasteiger partial charge in [0.15, 0.2) is 0 Å². The van der Waals surface area contributed by atoms with Crippen LogP contribution in [0.1, 0.15) is 39.0 Å². The van der Waals surface area contributed by atoms with E-state index in [9.17, 15) is 19.8 Å². The summed E-state index contributed by atoms with van der Waals surface area (Å²) in [4.78, 5) is 26.8. The molecule has 0 aromatic carbocycles. The number of aliphatic carboxylic acids is 1. The van der Waals surface area contributed by atoms with E-state index in [1.807, 2.05) is 6.92 Å². The third kappa shape index (κ3) is 2.75. The highest BCUT2D eigenvalue weighted by Gasteiger charge is 2.42. The van der Waals surface area contributed by atoms with Gasteiger partial charge in [-0.3, -0.25) is 0 Å². The van der Waals surface area contributed by atoms with Crippen molar-refractivity contribution in [3.05, 3.63) is 0 Å². The summed E-state index contributed by atoms with van der Waals surface area (Å²) in [5.74, 6) is -0.970. The predicted octanol–water partition coefficient (Wildman–Crippen LogP) is 1.14. The number of carbonyl (C=O) groups excluding carboxylic acids is 1. The molecule has 114 valence electrons. The Hall–Kier alpha value is -1.30. The zero-order valence-corrected chi connectivity index (χ0v) is 12.2. The molecule has 1 saturated carbocycles. The number of carbonyl (C=O) groups is 2. The minimum atomic E-state index is -0.944. The number of amides is 2. The molecular weight excluding hydrogens is 260 g/mol. The van der Waals surface area contributed by atoms with Crippen molar-refractivity contribution in [1.29, 1.82) is 0 Å². The molecule has 20 heavy (non-hydrogen) atoms. The van der Waals surface area contributed by atoms with Crippen molar-refractivity contribution < 1.29 is 19.8 Å². The minimum absolute atomic E-state index is 0.0267. The van der Waals surface area contributed by atoms with Crippen molar-refractivity contribution >= 4 is 12.0 Å². The van der Waals surface area contributed by atoms with Crippen LogP contribution in [0, 0.1) is 5.92 Å². The molecule has 0 aromatic heterocycles. The number of hydrogen-bond donors (Lipinski definition) is 2. The lowest BCUT2D eigenvalue weighted by Crippen LogP contribution is -2.54. The molecule has 6 nitrogen and oxygen atoms in total. The molecule has 1 heterocycles. The lowest BCUT2D eigenvalue weighted by Gasteiger charge is -2.38. The zero-order valence-electron chi connectivity index (χ0n) is 12.2. The molecule has 0 bridgehead atoms. The molecule has 0 radical (unpaired) electrons. The molecule has 0 spiro atoms. The van der Waals surface area contributed by atoms with E-state index < -0.39 is 18.1 Å². The highest BCUT2D eigenvalue weighted by molar-refractivity contribution is 5.83. The van der Waals surface area contributed by atoms with Crippen LogP contribution in [0.15, 0.2) is 0 Å². The number of nitrogens with zero attached hydrogens (tertiary/aromatic N) is 2. The standard InChI is InChI=1S/C14H24N2O4/c1-9-7-8-16(12(9)13(18)19)14(20)15(2)10-5-3-4-6-11(10)17/h9-12,17H,3-8H2,1-2H3,(H,18,19). The van der Waals surface area contributed by atoms with Gasteiger partial charge in [-0.2, -0.15) is 0 Å². The van der Waals surface area contributed by atoms with E-state index in [0.717, 1.165) is 19.3 Å². The molecule has 6 heteroatoms. The van der Waals surface area contributed by atoms with Gasteiger partial charge in [-0.05, 0) is 25.2 Å². The highest BCUT2D eigenvalue weighted by atomic mass is 16.4. The fourth-order valence-electron chi connectivity index (χ4n) is 3.43. The zero-order chi connectivity index (χ0) is 14.9. The molecule has 2 N–H and O–H groups in total. The lowest BCUT2D eigenvalue weighted by atomic mass is 9.92. The van der Waals surface area contributed by atoms with Crippen LogP contribution in [0.25, 0.3) is 0 Å². The van der Waals surface area contributed by atoms with Gasteiger partial charge in [0.05, 0.1) is 12.1 Å². The van der Waals surface area contributed by atoms with Crippen LogP contribution >= 0.6 is 0 Å². The Bertz CT molecular complexity index is 387. The molecule has 2 rings (SSSR count). The van der Waals surface area contributed by atoms with Crippen molar-refractivity contribution in [3.63, 3.8) is 0 Å². The minimum Gasteiger partial charge on any atom is -0.480 e. The maximum Gasteiger partial charge on any atom is 0.326 e. The van der Waals surface area contributed by atoms with E-state index in [1.165, 1.54) is 9.80 Å². The van der Waals surface area contributed by atoms with Crippen molar-refractivity contribution in [3.8, 4) is 0 Å². The highest BCUT2D eigenvalue weighted by Crippen LogP contribution is 2.28. The number of rotatable bonds is 2. The first-order valence-electron chi connectivity index (χ1n) is 7.37. The first kappa shape index (κ1) is 15.1. The van der Waals surface area contributed by atoms with E-state index >= 15 is 0 Å². The third-order valence-electron chi connectivity index (χ3n) is 4.69. The number of hydrogen-bond acceptors (Lipinski definition) is 3. The molecule has 0 aromatic rings. The monoisotopic (exact) mass is 284 g/mol. The fourth-order valence-corrected chi connectivity index (χ4v) is 3.43. The Balaban J connectivity index is 2.08. The smallest absolute Gasteiger partial charge is 0.326 e. The summed E-state index contributed by atoms with van der Waals surface area (Å²) in [6, 6.07) is -1.21. The van der Waals surface area contributed by atoms with Crippen molar-refractivity contribution in [2.45, 2.75) is 57.2 Å². The predicted molar refractivity (Wildman–Crippen MR) is 73.3 cm³/mol. The van der Waals surface area contributed by atoms with Gasteiger partial charge in [0.25, 0.3) is 0 Å².